The second kappa shape index (κ2) is 7.59. The number of nitrogens with zero attached hydrogens (tertiary/aromatic N) is 4. The fourth-order valence-electron chi connectivity index (χ4n) is 4.46. The Morgan fingerprint density at radius 2 is 1.93 bits per heavy atom. The number of carbonyl (C=O) groups is 2. The minimum Gasteiger partial charge on any atom is -0.490 e. The van der Waals surface area contributed by atoms with Crippen LogP contribution in [0.4, 0.5) is 5.69 Å². The van der Waals surface area contributed by atoms with Gasteiger partial charge in [0.1, 0.15) is 6.07 Å². The lowest BCUT2D eigenvalue weighted by molar-refractivity contribution is -0.385. The molecule has 154 valence electrons. The molecular formula is C20H18N4O6. The zero-order valence-electron chi connectivity index (χ0n) is 16.1. The Balaban J connectivity index is 1.64. The summed E-state index contributed by atoms with van der Waals surface area (Å²) in [5, 5.41) is 25.1. The molecule has 1 heterocycles. The van der Waals surface area contributed by atoms with Crippen molar-refractivity contribution in [1.29, 1.82) is 5.26 Å². The summed E-state index contributed by atoms with van der Waals surface area (Å²) in [4.78, 5) is 36.2. The number of carbonyl (C=O) groups excluding carboxylic acids is 2. The van der Waals surface area contributed by atoms with Crippen molar-refractivity contribution in [1.82, 2.24) is 5.01 Å². The third-order valence-corrected chi connectivity index (χ3v) is 5.60. The van der Waals surface area contributed by atoms with Crippen molar-refractivity contribution in [3.8, 4) is 17.6 Å². The van der Waals surface area contributed by atoms with Crippen LogP contribution in [-0.2, 0) is 9.59 Å². The molecular weight excluding hydrogens is 392 g/mol. The molecule has 10 heteroatoms. The first kappa shape index (κ1) is 19.6. The smallest absolute Gasteiger partial charge is 0.315 e. The van der Waals surface area contributed by atoms with Gasteiger partial charge in [-0.05, 0) is 31.2 Å². The van der Waals surface area contributed by atoms with Gasteiger partial charge in [0.2, 0.25) is 5.75 Å². The van der Waals surface area contributed by atoms with E-state index in [0.29, 0.717) is 0 Å². The second-order valence-electron chi connectivity index (χ2n) is 7.24. The average molecular weight is 410 g/mol. The van der Waals surface area contributed by atoms with Crippen molar-refractivity contribution in [2.45, 2.75) is 13.3 Å². The summed E-state index contributed by atoms with van der Waals surface area (Å²) in [6.07, 6.45) is 6.01. The van der Waals surface area contributed by atoms with E-state index in [2.05, 4.69) is 5.10 Å². The van der Waals surface area contributed by atoms with E-state index in [-0.39, 0.29) is 65.8 Å². The predicted molar refractivity (Wildman–Crippen MR) is 103 cm³/mol. The van der Waals surface area contributed by atoms with Gasteiger partial charge in [-0.3, -0.25) is 19.7 Å². The monoisotopic (exact) mass is 410 g/mol. The third kappa shape index (κ3) is 3.08. The number of nitriles is 1. The van der Waals surface area contributed by atoms with Crippen molar-refractivity contribution in [3.05, 3.63) is 40.0 Å². The molecule has 0 N–H and O–H groups in total. The molecule has 2 bridgehead atoms. The van der Waals surface area contributed by atoms with Gasteiger partial charge in [-0.25, -0.2) is 0 Å². The van der Waals surface area contributed by atoms with E-state index in [1.807, 2.05) is 12.2 Å². The van der Waals surface area contributed by atoms with E-state index in [4.69, 9.17) is 14.7 Å². The van der Waals surface area contributed by atoms with Crippen LogP contribution in [0.5, 0.6) is 11.5 Å². The first-order chi connectivity index (χ1) is 14.5. The largest absolute Gasteiger partial charge is 0.490 e. The molecule has 0 radical (unpaired) electrons. The van der Waals surface area contributed by atoms with Gasteiger partial charge >= 0.3 is 5.69 Å². The van der Waals surface area contributed by atoms with Crippen molar-refractivity contribution < 1.29 is 24.0 Å². The summed E-state index contributed by atoms with van der Waals surface area (Å²) in [5.41, 5.74) is -0.149. The number of rotatable bonds is 7. The van der Waals surface area contributed by atoms with E-state index in [0.717, 1.165) is 11.4 Å². The Morgan fingerprint density at radius 3 is 2.50 bits per heavy atom. The highest BCUT2D eigenvalue weighted by atomic mass is 16.6. The summed E-state index contributed by atoms with van der Waals surface area (Å²) in [7, 11) is 0. The Hall–Kier alpha value is -3.74. The number of nitro benzene ring substituents is 1. The normalized spacial score (nSPS) is 26.3. The Bertz CT molecular complexity index is 997. The van der Waals surface area contributed by atoms with Gasteiger partial charge in [-0.2, -0.15) is 15.4 Å². The molecule has 4 rings (SSSR count). The molecule has 1 aromatic carbocycles. The molecule has 0 spiro atoms. The van der Waals surface area contributed by atoms with E-state index in [9.17, 15) is 19.7 Å². The van der Waals surface area contributed by atoms with Gasteiger partial charge in [0.15, 0.2) is 12.4 Å². The highest BCUT2D eigenvalue weighted by molar-refractivity contribution is 6.06. The third-order valence-electron chi connectivity index (χ3n) is 5.60. The fourth-order valence-corrected chi connectivity index (χ4v) is 4.46. The number of amides is 2. The number of hydrogen-bond acceptors (Lipinski definition) is 8. The predicted octanol–water partition coefficient (Wildman–Crippen LogP) is 2.04. The first-order valence-electron chi connectivity index (χ1n) is 9.51. The maximum Gasteiger partial charge on any atom is 0.315 e. The van der Waals surface area contributed by atoms with Gasteiger partial charge in [0, 0.05) is 11.6 Å². The number of hydrazone groups is 1. The van der Waals surface area contributed by atoms with Crippen LogP contribution in [0.3, 0.4) is 0 Å². The van der Waals surface area contributed by atoms with E-state index < -0.39 is 10.6 Å². The molecule has 1 saturated carbocycles. The Labute approximate surface area is 171 Å². The van der Waals surface area contributed by atoms with Crippen molar-refractivity contribution >= 4 is 23.7 Å². The van der Waals surface area contributed by atoms with Crippen molar-refractivity contribution in [3.63, 3.8) is 0 Å². The zero-order valence-corrected chi connectivity index (χ0v) is 16.1. The SMILES string of the molecule is CCOc1cc(C=NN2C(=O)[C@@H]3[C@H](C2=O)[C@H]2C=C[C@H]3C2)cc([N+](=O)[O-])c1OCC#N. The lowest BCUT2D eigenvalue weighted by atomic mass is 9.85. The molecule has 1 aromatic rings. The molecule has 2 fully saturated rings. The summed E-state index contributed by atoms with van der Waals surface area (Å²) < 4.78 is 10.6. The van der Waals surface area contributed by atoms with Crippen LogP contribution in [0.2, 0.25) is 0 Å². The number of ether oxygens (including phenoxy) is 2. The molecule has 10 nitrogen and oxygen atoms in total. The minimum atomic E-state index is -0.660. The highest BCUT2D eigenvalue weighted by Crippen LogP contribution is 2.52. The summed E-state index contributed by atoms with van der Waals surface area (Å²) in [5.74, 6) is -1.39. The number of fused-ring (bicyclic) bond motifs is 5. The molecule has 1 saturated heterocycles. The lowest BCUT2D eigenvalue weighted by Crippen LogP contribution is -2.28. The van der Waals surface area contributed by atoms with Crippen LogP contribution in [-0.4, -0.2) is 41.2 Å². The van der Waals surface area contributed by atoms with Gasteiger partial charge < -0.3 is 9.47 Å². The van der Waals surface area contributed by atoms with Crippen molar-refractivity contribution in [2.24, 2.45) is 28.8 Å². The molecule has 0 aromatic heterocycles. The lowest BCUT2D eigenvalue weighted by Gasteiger charge is -2.13. The molecule has 0 unspecified atom stereocenters. The van der Waals surface area contributed by atoms with Crippen LogP contribution in [0.1, 0.15) is 18.9 Å². The first-order valence-corrected chi connectivity index (χ1v) is 9.51. The molecule has 4 atom stereocenters. The second-order valence-corrected chi connectivity index (χ2v) is 7.24. The molecule has 3 aliphatic rings. The topological polar surface area (TPSA) is 135 Å². The number of imide groups is 1. The van der Waals surface area contributed by atoms with Crippen LogP contribution in [0.15, 0.2) is 29.4 Å². The standard InChI is InChI=1S/C20H18N4O6/c1-2-29-15-8-11(7-14(24(27)28)18(15)30-6-5-21)10-22-23-19(25)16-12-3-4-13(9-12)17(16)20(23)26/h3-4,7-8,10,12-13,16-17H,2,6,9H2,1H3/t12-,13-,16-,17+/m0/s1. The van der Waals surface area contributed by atoms with E-state index in [1.54, 1.807) is 13.0 Å². The zero-order chi connectivity index (χ0) is 21.4. The van der Waals surface area contributed by atoms with Gasteiger partial charge in [-0.15, -0.1) is 0 Å². The number of nitro groups is 1. The summed E-state index contributed by atoms with van der Waals surface area (Å²) >= 11 is 0. The quantitative estimate of drug-likeness (QED) is 0.221. The minimum absolute atomic E-state index is 0.0684. The van der Waals surface area contributed by atoms with Crippen LogP contribution < -0.4 is 9.47 Å². The highest BCUT2D eigenvalue weighted by Gasteiger charge is 2.59. The molecule has 30 heavy (non-hydrogen) atoms. The molecule has 1 aliphatic heterocycles. The van der Waals surface area contributed by atoms with Crippen LogP contribution >= 0.6 is 0 Å². The van der Waals surface area contributed by atoms with Crippen LogP contribution in [0, 0.1) is 45.1 Å². The average Bonchev–Trinajstić information content (AvgIpc) is 3.40. The van der Waals surface area contributed by atoms with Crippen LogP contribution in [0.25, 0.3) is 0 Å². The van der Waals surface area contributed by atoms with E-state index in [1.165, 1.54) is 18.3 Å². The van der Waals surface area contributed by atoms with Gasteiger partial charge in [-0.1, -0.05) is 12.2 Å². The Kier molecular flexibility index (Phi) is 4.95. The number of benzene rings is 1. The summed E-state index contributed by atoms with van der Waals surface area (Å²) in [6, 6.07) is 4.39. The maximum atomic E-state index is 12.7. The van der Waals surface area contributed by atoms with E-state index >= 15 is 0 Å². The molecule has 2 amide bonds. The number of hydrogen-bond donors (Lipinski definition) is 0. The van der Waals surface area contributed by atoms with Gasteiger partial charge in [0.05, 0.1) is 29.6 Å². The van der Waals surface area contributed by atoms with Gasteiger partial charge in [0.25, 0.3) is 11.8 Å². The fraction of sp³-hybridized carbons (Fsp3) is 0.400. The Morgan fingerprint density at radius 1 is 1.27 bits per heavy atom. The maximum absolute atomic E-state index is 12.7. The number of allylic oxidation sites excluding steroid dienone is 2. The summed E-state index contributed by atoms with van der Waals surface area (Å²) in [6.45, 7) is 1.52. The van der Waals surface area contributed by atoms with Crippen molar-refractivity contribution in [2.75, 3.05) is 13.2 Å². The molecule has 2 aliphatic carbocycles.